The van der Waals surface area contributed by atoms with Gasteiger partial charge in [0.25, 0.3) is 0 Å². The molecule has 3 heteroatoms. The van der Waals surface area contributed by atoms with Crippen molar-refractivity contribution in [2.45, 2.75) is 20.4 Å². The Hall–Kier alpha value is -1.84. The van der Waals surface area contributed by atoms with Gasteiger partial charge in [-0.25, -0.2) is 0 Å². The van der Waals surface area contributed by atoms with Crippen molar-refractivity contribution in [1.82, 2.24) is 5.32 Å². The van der Waals surface area contributed by atoms with Gasteiger partial charge < -0.3 is 14.8 Å². The SMILES string of the molecule is COCCNCc1ccccc1Oc1cc(C)cc(C)c1. The molecule has 0 saturated carbocycles. The number of ether oxygens (including phenoxy) is 2. The Morgan fingerprint density at radius 2 is 1.71 bits per heavy atom. The first-order chi connectivity index (χ1) is 10.2. The van der Waals surface area contributed by atoms with Gasteiger partial charge in [-0.1, -0.05) is 24.3 Å². The van der Waals surface area contributed by atoms with Gasteiger partial charge in [0.15, 0.2) is 0 Å². The third kappa shape index (κ3) is 4.88. The van der Waals surface area contributed by atoms with E-state index in [0.29, 0.717) is 6.61 Å². The fourth-order valence-electron chi connectivity index (χ4n) is 2.27. The predicted molar refractivity (Wildman–Crippen MR) is 86.0 cm³/mol. The zero-order valence-corrected chi connectivity index (χ0v) is 13.0. The van der Waals surface area contributed by atoms with E-state index in [1.165, 1.54) is 11.1 Å². The number of benzene rings is 2. The molecule has 0 fully saturated rings. The minimum absolute atomic E-state index is 0.708. The van der Waals surface area contributed by atoms with Crippen LogP contribution in [-0.2, 0) is 11.3 Å². The van der Waals surface area contributed by atoms with Gasteiger partial charge in [0, 0.05) is 25.8 Å². The molecule has 2 rings (SSSR count). The Kier molecular flexibility index (Phi) is 5.78. The van der Waals surface area contributed by atoms with Crippen molar-refractivity contribution in [2.24, 2.45) is 0 Å². The highest BCUT2D eigenvalue weighted by Crippen LogP contribution is 2.26. The van der Waals surface area contributed by atoms with E-state index < -0.39 is 0 Å². The highest BCUT2D eigenvalue weighted by Gasteiger charge is 2.05. The first-order valence-electron chi connectivity index (χ1n) is 7.23. The maximum atomic E-state index is 6.06. The minimum Gasteiger partial charge on any atom is -0.457 e. The Bertz CT molecular complexity index is 561. The Morgan fingerprint density at radius 3 is 2.43 bits per heavy atom. The van der Waals surface area contributed by atoms with Crippen LogP contribution in [0.15, 0.2) is 42.5 Å². The number of hydrogen-bond acceptors (Lipinski definition) is 3. The number of aryl methyl sites for hydroxylation is 2. The van der Waals surface area contributed by atoms with Gasteiger partial charge in [-0.15, -0.1) is 0 Å². The molecule has 2 aromatic rings. The van der Waals surface area contributed by atoms with Gasteiger partial charge in [-0.05, 0) is 43.2 Å². The zero-order valence-electron chi connectivity index (χ0n) is 13.0. The average Bonchev–Trinajstić information content (AvgIpc) is 2.44. The van der Waals surface area contributed by atoms with E-state index in [-0.39, 0.29) is 0 Å². The van der Waals surface area contributed by atoms with Crippen molar-refractivity contribution in [1.29, 1.82) is 0 Å². The highest BCUT2D eigenvalue weighted by atomic mass is 16.5. The Labute approximate surface area is 126 Å². The lowest BCUT2D eigenvalue weighted by Gasteiger charge is -2.13. The van der Waals surface area contributed by atoms with Gasteiger partial charge in [-0.3, -0.25) is 0 Å². The second kappa shape index (κ2) is 7.81. The number of methoxy groups -OCH3 is 1. The molecule has 112 valence electrons. The van der Waals surface area contributed by atoms with Crippen LogP contribution < -0.4 is 10.1 Å². The van der Waals surface area contributed by atoms with Crippen molar-refractivity contribution >= 4 is 0 Å². The molecule has 0 aromatic heterocycles. The summed E-state index contributed by atoms with van der Waals surface area (Å²) >= 11 is 0. The highest BCUT2D eigenvalue weighted by molar-refractivity contribution is 5.40. The molecule has 0 amide bonds. The van der Waals surface area contributed by atoms with Crippen LogP contribution in [0.2, 0.25) is 0 Å². The van der Waals surface area contributed by atoms with Crippen LogP contribution in [0.25, 0.3) is 0 Å². The van der Waals surface area contributed by atoms with Gasteiger partial charge in [0.05, 0.1) is 6.61 Å². The standard InChI is InChI=1S/C18H23NO2/c1-14-10-15(2)12-17(11-14)21-18-7-5-4-6-16(18)13-19-8-9-20-3/h4-7,10-12,19H,8-9,13H2,1-3H3. The largest absolute Gasteiger partial charge is 0.457 e. The third-order valence-electron chi connectivity index (χ3n) is 3.19. The summed E-state index contributed by atoms with van der Waals surface area (Å²) in [4.78, 5) is 0. The molecule has 0 spiro atoms. The molecule has 0 heterocycles. The maximum absolute atomic E-state index is 6.06. The summed E-state index contributed by atoms with van der Waals surface area (Å²) in [6.07, 6.45) is 0. The monoisotopic (exact) mass is 285 g/mol. The lowest BCUT2D eigenvalue weighted by Crippen LogP contribution is -2.18. The van der Waals surface area contributed by atoms with Crippen LogP contribution in [0.3, 0.4) is 0 Å². The first kappa shape index (κ1) is 15.5. The van der Waals surface area contributed by atoms with Crippen molar-refractivity contribution in [2.75, 3.05) is 20.3 Å². The number of nitrogens with one attached hydrogen (secondary N) is 1. The molecule has 0 radical (unpaired) electrons. The summed E-state index contributed by atoms with van der Waals surface area (Å²) in [6.45, 7) is 6.47. The van der Waals surface area contributed by atoms with E-state index in [1.807, 2.05) is 18.2 Å². The number of rotatable bonds is 7. The van der Waals surface area contributed by atoms with Gasteiger partial charge in [0.1, 0.15) is 11.5 Å². The van der Waals surface area contributed by atoms with E-state index in [0.717, 1.165) is 30.2 Å². The first-order valence-corrected chi connectivity index (χ1v) is 7.23. The summed E-state index contributed by atoms with van der Waals surface area (Å²) in [5.74, 6) is 1.78. The molecule has 0 aliphatic heterocycles. The Morgan fingerprint density at radius 1 is 1.00 bits per heavy atom. The van der Waals surface area contributed by atoms with Crippen LogP contribution in [0.5, 0.6) is 11.5 Å². The van der Waals surface area contributed by atoms with E-state index in [9.17, 15) is 0 Å². The molecule has 3 nitrogen and oxygen atoms in total. The molecular formula is C18H23NO2. The maximum Gasteiger partial charge on any atom is 0.131 e. The van der Waals surface area contributed by atoms with Crippen LogP contribution in [0.1, 0.15) is 16.7 Å². The fraction of sp³-hybridized carbons (Fsp3) is 0.333. The second-order valence-corrected chi connectivity index (χ2v) is 5.20. The molecular weight excluding hydrogens is 262 g/mol. The summed E-state index contributed by atoms with van der Waals surface area (Å²) in [5.41, 5.74) is 3.56. The summed E-state index contributed by atoms with van der Waals surface area (Å²) in [5, 5.41) is 3.35. The average molecular weight is 285 g/mol. The summed E-state index contributed by atoms with van der Waals surface area (Å²) in [7, 11) is 1.71. The third-order valence-corrected chi connectivity index (χ3v) is 3.19. The van der Waals surface area contributed by atoms with Crippen LogP contribution in [-0.4, -0.2) is 20.3 Å². The Balaban J connectivity index is 2.08. The van der Waals surface area contributed by atoms with E-state index >= 15 is 0 Å². The van der Waals surface area contributed by atoms with Crippen molar-refractivity contribution < 1.29 is 9.47 Å². The van der Waals surface area contributed by atoms with Crippen LogP contribution in [0, 0.1) is 13.8 Å². The molecule has 21 heavy (non-hydrogen) atoms. The van der Waals surface area contributed by atoms with E-state index in [4.69, 9.17) is 9.47 Å². The van der Waals surface area contributed by atoms with Crippen molar-refractivity contribution in [3.8, 4) is 11.5 Å². The molecule has 0 unspecified atom stereocenters. The topological polar surface area (TPSA) is 30.5 Å². The zero-order chi connectivity index (χ0) is 15.1. The molecule has 0 bridgehead atoms. The molecule has 0 saturated heterocycles. The molecule has 2 aromatic carbocycles. The summed E-state index contributed by atoms with van der Waals surface area (Å²) < 4.78 is 11.1. The smallest absolute Gasteiger partial charge is 0.131 e. The number of para-hydroxylation sites is 1. The van der Waals surface area contributed by atoms with Crippen LogP contribution in [0.4, 0.5) is 0 Å². The molecule has 0 atom stereocenters. The molecule has 0 aliphatic carbocycles. The lowest BCUT2D eigenvalue weighted by molar-refractivity contribution is 0.199. The van der Waals surface area contributed by atoms with Gasteiger partial charge in [0.2, 0.25) is 0 Å². The lowest BCUT2D eigenvalue weighted by atomic mass is 10.1. The normalized spacial score (nSPS) is 10.6. The molecule has 0 aliphatic rings. The van der Waals surface area contributed by atoms with E-state index in [1.54, 1.807) is 7.11 Å². The minimum atomic E-state index is 0.708. The fourth-order valence-corrected chi connectivity index (χ4v) is 2.27. The van der Waals surface area contributed by atoms with Crippen molar-refractivity contribution in [3.05, 3.63) is 59.2 Å². The predicted octanol–water partition coefficient (Wildman–Crippen LogP) is 3.83. The molecule has 1 N–H and O–H groups in total. The van der Waals surface area contributed by atoms with Gasteiger partial charge in [-0.2, -0.15) is 0 Å². The second-order valence-electron chi connectivity index (χ2n) is 5.20. The van der Waals surface area contributed by atoms with Crippen molar-refractivity contribution in [3.63, 3.8) is 0 Å². The number of hydrogen-bond donors (Lipinski definition) is 1. The van der Waals surface area contributed by atoms with Crippen LogP contribution >= 0.6 is 0 Å². The van der Waals surface area contributed by atoms with Gasteiger partial charge >= 0.3 is 0 Å². The quantitative estimate of drug-likeness (QED) is 0.784. The summed E-state index contributed by atoms with van der Waals surface area (Å²) in [6, 6.07) is 14.4. The van der Waals surface area contributed by atoms with E-state index in [2.05, 4.69) is 43.4 Å².